The molecule has 0 bridgehead atoms. The van der Waals surface area contributed by atoms with Gasteiger partial charge in [-0.1, -0.05) is 0 Å². The number of carboxylic acids is 1. The molecule has 0 aliphatic carbocycles. The Balaban J connectivity index is 2.56. The summed E-state index contributed by atoms with van der Waals surface area (Å²) in [5, 5.41) is 18.1. The third-order valence-electron chi connectivity index (χ3n) is 1.98. The summed E-state index contributed by atoms with van der Waals surface area (Å²) in [7, 11) is 0. The lowest BCUT2D eigenvalue weighted by atomic mass is 10.1. The molecule has 0 aliphatic heterocycles. The lowest BCUT2D eigenvalue weighted by Crippen LogP contribution is -2.20. The van der Waals surface area contributed by atoms with Gasteiger partial charge >= 0.3 is 5.97 Å². The molecule has 4 nitrogen and oxygen atoms in total. The molecule has 78 valence electrons. The van der Waals surface area contributed by atoms with E-state index in [9.17, 15) is 9.90 Å². The van der Waals surface area contributed by atoms with Crippen molar-refractivity contribution >= 4 is 5.97 Å². The van der Waals surface area contributed by atoms with Crippen molar-refractivity contribution in [2.24, 2.45) is 0 Å². The van der Waals surface area contributed by atoms with Crippen LogP contribution < -0.4 is 0 Å². The van der Waals surface area contributed by atoms with Crippen molar-refractivity contribution < 1.29 is 15.0 Å². The molecule has 2 N–H and O–H groups in total. The van der Waals surface area contributed by atoms with Crippen LogP contribution >= 0.6 is 0 Å². The fourth-order valence-corrected chi connectivity index (χ4v) is 1.11. The van der Waals surface area contributed by atoms with Crippen LogP contribution in [0.4, 0.5) is 0 Å². The van der Waals surface area contributed by atoms with Crippen LogP contribution in [0.2, 0.25) is 0 Å². The molecule has 0 spiro atoms. The second kappa shape index (κ2) is 3.84. The van der Waals surface area contributed by atoms with Gasteiger partial charge in [-0.25, -0.2) is 4.79 Å². The van der Waals surface area contributed by atoms with Gasteiger partial charge in [0.2, 0.25) is 0 Å². The SMILES string of the molecule is CC(C)(O)CCn1ccc(C(=O)O)c1. The highest BCUT2D eigenvalue weighted by atomic mass is 16.4. The van der Waals surface area contributed by atoms with E-state index < -0.39 is 11.6 Å². The third-order valence-corrected chi connectivity index (χ3v) is 1.98. The second-order valence-electron chi connectivity index (χ2n) is 4.01. The molecule has 1 heterocycles. The number of hydrogen-bond donors (Lipinski definition) is 2. The van der Waals surface area contributed by atoms with Gasteiger partial charge in [-0.3, -0.25) is 0 Å². The maximum atomic E-state index is 10.6. The summed E-state index contributed by atoms with van der Waals surface area (Å²) in [6.07, 6.45) is 3.87. The molecule has 0 amide bonds. The molecule has 1 aromatic rings. The largest absolute Gasteiger partial charge is 0.478 e. The molecule has 0 saturated carbocycles. The minimum atomic E-state index is -0.924. The maximum absolute atomic E-state index is 10.6. The highest BCUT2D eigenvalue weighted by Gasteiger charge is 2.12. The summed E-state index contributed by atoms with van der Waals surface area (Å²) < 4.78 is 1.77. The van der Waals surface area contributed by atoms with Crippen LogP contribution in [0, 0.1) is 0 Å². The molecule has 0 atom stereocenters. The number of aliphatic hydroxyl groups is 1. The average molecular weight is 197 g/mol. The Morgan fingerprint density at radius 2 is 2.21 bits per heavy atom. The molecule has 1 rings (SSSR count). The van der Waals surface area contributed by atoms with Crippen molar-refractivity contribution in [3.63, 3.8) is 0 Å². The van der Waals surface area contributed by atoms with E-state index in [1.807, 2.05) is 0 Å². The van der Waals surface area contributed by atoms with Gasteiger partial charge in [0, 0.05) is 18.9 Å². The van der Waals surface area contributed by atoms with Crippen molar-refractivity contribution in [1.82, 2.24) is 4.57 Å². The average Bonchev–Trinajstić information content (AvgIpc) is 2.47. The van der Waals surface area contributed by atoms with E-state index in [-0.39, 0.29) is 5.56 Å². The first-order chi connectivity index (χ1) is 6.38. The van der Waals surface area contributed by atoms with Gasteiger partial charge in [0.15, 0.2) is 0 Å². The van der Waals surface area contributed by atoms with E-state index in [1.54, 1.807) is 36.9 Å². The maximum Gasteiger partial charge on any atom is 0.337 e. The number of aromatic carboxylic acids is 1. The predicted octanol–water partition coefficient (Wildman–Crippen LogP) is 1.35. The minimum Gasteiger partial charge on any atom is -0.478 e. The van der Waals surface area contributed by atoms with Gasteiger partial charge < -0.3 is 14.8 Å². The van der Waals surface area contributed by atoms with E-state index in [0.29, 0.717) is 13.0 Å². The molecule has 0 aromatic carbocycles. The normalized spacial score (nSPS) is 11.6. The highest BCUT2D eigenvalue weighted by molar-refractivity contribution is 5.87. The molecule has 4 heteroatoms. The summed E-state index contributed by atoms with van der Waals surface area (Å²) in [6.45, 7) is 4.08. The minimum absolute atomic E-state index is 0.278. The van der Waals surface area contributed by atoms with E-state index in [0.717, 1.165) is 0 Å². The number of nitrogens with zero attached hydrogens (tertiary/aromatic N) is 1. The Bertz CT molecular complexity index is 322. The Hall–Kier alpha value is -1.29. The van der Waals surface area contributed by atoms with Crippen molar-refractivity contribution in [2.45, 2.75) is 32.4 Å². The summed E-state index contributed by atoms with van der Waals surface area (Å²) >= 11 is 0. The lowest BCUT2D eigenvalue weighted by molar-refractivity contribution is 0.0662. The quantitative estimate of drug-likeness (QED) is 0.765. The molecular formula is C10H15NO3. The van der Waals surface area contributed by atoms with Crippen molar-refractivity contribution in [3.8, 4) is 0 Å². The van der Waals surface area contributed by atoms with Crippen LogP contribution in [0.25, 0.3) is 0 Å². The number of hydrogen-bond acceptors (Lipinski definition) is 2. The van der Waals surface area contributed by atoms with Gasteiger partial charge in [-0.2, -0.15) is 0 Å². The predicted molar refractivity (Wildman–Crippen MR) is 52.3 cm³/mol. The zero-order valence-corrected chi connectivity index (χ0v) is 8.40. The summed E-state index contributed by atoms with van der Waals surface area (Å²) in [6, 6.07) is 1.55. The molecule has 0 unspecified atom stereocenters. The fraction of sp³-hybridized carbons (Fsp3) is 0.500. The monoisotopic (exact) mass is 197 g/mol. The zero-order chi connectivity index (χ0) is 10.8. The summed E-state index contributed by atoms with van der Waals surface area (Å²) in [5.74, 6) is -0.924. The highest BCUT2D eigenvalue weighted by Crippen LogP contribution is 2.10. The Kier molecular flexibility index (Phi) is 2.96. The van der Waals surface area contributed by atoms with Gasteiger partial charge in [-0.15, -0.1) is 0 Å². The summed E-state index contributed by atoms with van der Waals surface area (Å²) in [5.41, 5.74) is -0.436. The molecular weight excluding hydrogens is 182 g/mol. The van der Waals surface area contributed by atoms with E-state index in [4.69, 9.17) is 5.11 Å². The number of carboxylic acid groups (broad SMARTS) is 1. The van der Waals surface area contributed by atoms with E-state index in [1.165, 1.54) is 0 Å². The van der Waals surface area contributed by atoms with E-state index >= 15 is 0 Å². The lowest BCUT2D eigenvalue weighted by Gasteiger charge is -2.16. The van der Waals surface area contributed by atoms with Crippen LogP contribution in [-0.4, -0.2) is 26.4 Å². The van der Waals surface area contributed by atoms with Gasteiger partial charge in [0.1, 0.15) is 0 Å². The topological polar surface area (TPSA) is 62.5 Å². The van der Waals surface area contributed by atoms with Gasteiger partial charge in [-0.05, 0) is 26.3 Å². The fourth-order valence-electron chi connectivity index (χ4n) is 1.11. The zero-order valence-electron chi connectivity index (χ0n) is 8.40. The second-order valence-corrected chi connectivity index (χ2v) is 4.01. The van der Waals surface area contributed by atoms with Crippen LogP contribution in [0.15, 0.2) is 18.5 Å². The van der Waals surface area contributed by atoms with Crippen molar-refractivity contribution in [2.75, 3.05) is 0 Å². The van der Waals surface area contributed by atoms with Crippen LogP contribution in [-0.2, 0) is 6.54 Å². The van der Waals surface area contributed by atoms with Gasteiger partial charge in [0.25, 0.3) is 0 Å². The molecule has 0 saturated heterocycles. The van der Waals surface area contributed by atoms with Crippen molar-refractivity contribution in [1.29, 1.82) is 0 Å². The van der Waals surface area contributed by atoms with Gasteiger partial charge in [0.05, 0.1) is 11.2 Å². The molecule has 1 aromatic heterocycles. The molecule has 0 aliphatic rings. The number of rotatable bonds is 4. The first kappa shape index (κ1) is 10.8. The first-order valence-corrected chi connectivity index (χ1v) is 4.50. The number of carbonyl (C=O) groups is 1. The van der Waals surface area contributed by atoms with Crippen LogP contribution in [0.3, 0.4) is 0 Å². The summed E-state index contributed by atoms with van der Waals surface area (Å²) in [4.78, 5) is 10.6. The van der Waals surface area contributed by atoms with E-state index in [2.05, 4.69) is 0 Å². The number of aryl methyl sites for hydroxylation is 1. The molecule has 0 radical (unpaired) electrons. The standard InChI is InChI=1S/C10H15NO3/c1-10(2,14)4-6-11-5-3-8(7-11)9(12)13/h3,5,7,14H,4,6H2,1-2H3,(H,12,13). The first-order valence-electron chi connectivity index (χ1n) is 4.50. The van der Waals surface area contributed by atoms with Crippen LogP contribution in [0.1, 0.15) is 30.6 Å². The Morgan fingerprint density at radius 3 is 2.64 bits per heavy atom. The Morgan fingerprint density at radius 1 is 1.57 bits per heavy atom. The van der Waals surface area contributed by atoms with Crippen LogP contribution in [0.5, 0.6) is 0 Å². The number of aromatic nitrogens is 1. The molecule has 0 fully saturated rings. The third kappa shape index (κ3) is 3.22. The Labute approximate surface area is 82.8 Å². The molecule has 14 heavy (non-hydrogen) atoms. The van der Waals surface area contributed by atoms with Crippen molar-refractivity contribution in [3.05, 3.63) is 24.0 Å². The smallest absolute Gasteiger partial charge is 0.337 e.